The van der Waals surface area contributed by atoms with Crippen molar-refractivity contribution in [1.82, 2.24) is 19.8 Å². The van der Waals surface area contributed by atoms with Crippen LogP contribution in [0.2, 0.25) is 0 Å². The molecule has 1 saturated heterocycles. The third-order valence-corrected chi connectivity index (χ3v) is 11.6. The van der Waals surface area contributed by atoms with E-state index in [1.807, 2.05) is 6.08 Å². The van der Waals surface area contributed by atoms with Crippen molar-refractivity contribution in [3.63, 3.8) is 0 Å². The van der Waals surface area contributed by atoms with Crippen molar-refractivity contribution in [2.75, 3.05) is 6.54 Å². The van der Waals surface area contributed by atoms with Gasteiger partial charge < -0.3 is 19.7 Å². The summed E-state index contributed by atoms with van der Waals surface area (Å²) >= 11 is 0. The Kier molecular flexibility index (Phi) is 7.95. The minimum absolute atomic E-state index is 0.0136. The Morgan fingerprint density at radius 1 is 1.12 bits per heavy atom. The van der Waals surface area contributed by atoms with Crippen molar-refractivity contribution in [3.8, 4) is 0 Å². The number of sulfonamides is 1. The van der Waals surface area contributed by atoms with Gasteiger partial charge in [-0.3, -0.25) is 24.0 Å². The van der Waals surface area contributed by atoms with Crippen LogP contribution in [0.4, 0.5) is 14.0 Å². The normalized spacial score (nSPS) is 33.4. The van der Waals surface area contributed by atoms with Crippen LogP contribution < -0.4 is 10.0 Å². The third-order valence-electron chi connectivity index (χ3n) is 9.78. The maximum Gasteiger partial charge on any atom is 0.410 e. The number of ether oxygens (including phenoxy) is 2. The fourth-order valence-corrected chi connectivity index (χ4v) is 8.25. The molecule has 1 aromatic carbocycles. The highest BCUT2D eigenvalue weighted by Crippen LogP contribution is 2.57. The van der Waals surface area contributed by atoms with Crippen LogP contribution in [0, 0.1) is 17.2 Å². The van der Waals surface area contributed by atoms with Crippen molar-refractivity contribution in [2.24, 2.45) is 11.3 Å². The van der Waals surface area contributed by atoms with Crippen LogP contribution in [0.1, 0.15) is 106 Å². The van der Waals surface area contributed by atoms with Crippen LogP contribution in [0.15, 0.2) is 30.4 Å². The maximum absolute atomic E-state index is 14.9. The number of Topliss-reactive ketones (excluding diaryl/α,β-unsaturated/α-hetero) is 1. The number of hydrogen-bond acceptors (Lipinski definition) is 9. The van der Waals surface area contributed by atoms with Crippen LogP contribution in [-0.4, -0.2) is 83.6 Å². The highest BCUT2D eigenvalue weighted by atomic mass is 32.2. The van der Waals surface area contributed by atoms with E-state index in [1.165, 1.54) is 13.8 Å². The molecular formula is C36H47FN4O9S. The molecule has 15 heteroatoms. The third kappa shape index (κ3) is 8.39. The lowest BCUT2D eigenvalue weighted by atomic mass is 9.91. The van der Waals surface area contributed by atoms with Crippen molar-refractivity contribution >= 4 is 39.8 Å². The average molecular weight is 738 g/mol. The number of fused-ring (bicyclic) bond motifs is 3. The summed E-state index contributed by atoms with van der Waals surface area (Å²) in [5.74, 6) is -4.03. The van der Waals surface area contributed by atoms with E-state index in [4.69, 9.17) is 19.1 Å². The molecular weight excluding hydrogens is 683 g/mol. The molecule has 0 unspecified atom stereocenters. The van der Waals surface area contributed by atoms with Gasteiger partial charge >= 0.3 is 12.2 Å². The minimum atomic E-state index is -4.00. The Labute approximate surface area is 307 Å². The molecule has 3 heterocycles. The summed E-state index contributed by atoms with van der Waals surface area (Å²) in [5, 5.41) is 1.70. The second-order valence-electron chi connectivity index (χ2n) is 14.4. The second-order valence-corrected chi connectivity index (χ2v) is 16.4. The van der Waals surface area contributed by atoms with Crippen molar-refractivity contribution in [1.29, 1.82) is 0 Å². The van der Waals surface area contributed by atoms with Gasteiger partial charge in [-0.2, -0.15) is 0 Å². The smallest absolute Gasteiger partial charge is 0.410 e. The quantitative estimate of drug-likeness (QED) is 0.420. The predicted octanol–water partition coefficient (Wildman–Crippen LogP) is 4.23. The second kappa shape index (κ2) is 14.2. The lowest BCUT2D eigenvalue weighted by Gasteiger charge is -2.30. The molecule has 0 bridgehead atoms. The van der Waals surface area contributed by atoms with E-state index in [9.17, 15) is 36.8 Å². The van der Waals surface area contributed by atoms with E-state index in [0.717, 1.165) is 23.1 Å². The zero-order chi connectivity index (χ0) is 42.8. The van der Waals surface area contributed by atoms with E-state index in [2.05, 4.69) is 10.0 Å². The number of hydrogen-bond donors (Lipinski definition) is 2. The monoisotopic (exact) mass is 737 g/mol. The number of benzene rings is 1. The summed E-state index contributed by atoms with van der Waals surface area (Å²) in [4.78, 5) is 70.6. The largest absolute Gasteiger partial charge is 0.444 e. The van der Waals surface area contributed by atoms with E-state index in [1.54, 1.807) is 6.08 Å². The van der Waals surface area contributed by atoms with Gasteiger partial charge in [-0.05, 0) is 76.8 Å². The Morgan fingerprint density at radius 2 is 1.90 bits per heavy atom. The summed E-state index contributed by atoms with van der Waals surface area (Å²) in [6.07, 6.45) is 1.53. The number of carbonyl (C=O) groups is 5. The highest BCUT2D eigenvalue weighted by Gasteiger charge is 2.61. The first kappa shape index (κ1) is 28.6. The number of ketones is 1. The molecule has 13 nitrogen and oxygen atoms in total. The van der Waals surface area contributed by atoms with Crippen LogP contribution in [0.3, 0.4) is 0 Å². The topological polar surface area (TPSA) is 168 Å². The SMILES string of the molecule is [2H]C1([2H])c2cccc(F)c2C([2H])([2H])N1C(=O)O[C@@H]1C[C@H]2C(=O)C[C@]3(C(=O)NS(=O)(=O)C4CC4)C[C@@H]3/C=C\CCCCC[C@H](NC(=O)OC(C)(C)C([2H])([2H])[2H])C(=O)N2C1. The first-order valence-corrected chi connectivity index (χ1v) is 18.7. The van der Waals surface area contributed by atoms with Gasteiger partial charge in [0.25, 0.3) is 0 Å². The number of nitrogens with zero attached hydrogens (tertiary/aromatic N) is 2. The van der Waals surface area contributed by atoms with Crippen LogP contribution in [0.5, 0.6) is 0 Å². The number of halogens is 1. The van der Waals surface area contributed by atoms with E-state index < -0.39 is 136 Å². The molecule has 2 saturated carbocycles. The molecule has 0 aromatic heterocycles. The maximum atomic E-state index is 14.9. The zero-order valence-corrected chi connectivity index (χ0v) is 29.2. The number of carbonyl (C=O) groups excluding carboxylic acids is 5. The van der Waals surface area contributed by atoms with Gasteiger partial charge in [-0.15, -0.1) is 0 Å². The number of nitrogens with one attached hydrogen (secondary N) is 2. The predicted molar refractivity (Wildman–Crippen MR) is 182 cm³/mol. The van der Waals surface area contributed by atoms with Gasteiger partial charge in [0.2, 0.25) is 21.8 Å². The zero-order valence-electron chi connectivity index (χ0n) is 35.4. The molecule has 5 atom stereocenters. The molecule has 1 aromatic rings. The summed E-state index contributed by atoms with van der Waals surface area (Å²) in [6, 6.07) is 0.382. The van der Waals surface area contributed by atoms with Gasteiger partial charge in [0.1, 0.15) is 23.6 Å². The lowest BCUT2D eigenvalue weighted by Crippen LogP contribution is -2.53. The van der Waals surface area contributed by atoms with E-state index in [0.29, 0.717) is 38.5 Å². The number of alkyl carbamates (subject to hydrolysis) is 1. The highest BCUT2D eigenvalue weighted by molar-refractivity contribution is 7.90. The fourth-order valence-electron chi connectivity index (χ4n) is 6.87. The first-order chi connectivity index (χ1) is 26.8. The van der Waals surface area contributed by atoms with Crippen molar-refractivity contribution in [2.45, 2.75) is 127 Å². The molecule has 0 radical (unpaired) electrons. The molecule has 3 aliphatic heterocycles. The summed E-state index contributed by atoms with van der Waals surface area (Å²) in [7, 11) is -4.00. The molecule has 3 fully saturated rings. The van der Waals surface area contributed by atoms with Gasteiger partial charge in [-0.25, -0.2) is 22.4 Å². The lowest BCUT2D eigenvalue weighted by molar-refractivity contribution is -0.140. The Morgan fingerprint density at radius 3 is 2.63 bits per heavy atom. The molecule has 2 aliphatic carbocycles. The summed E-state index contributed by atoms with van der Waals surface area (Å²) in [6.45, 7) is -6.83. The van der Waals surface area contributed by atoms with Gasteiger partial charge in [0.05, 0.1) is 35.2 Å². The fraction of sp³-hybridized carbons (Fsp3) is 0.639. The molecule has 6 rings (SSSR count). The van der Waals surface area contributed by atoms with Gasteiger partial charge in [0.15, 0.2) is 5.78 Å². The number of amides is 4. The van der Waals surface area contributed by atoms with Crippen molar-refractivity contribution < 1.29 is 55.8 Å². The summed E-state index contributed by atoms with van der Waals surface area (Å²) < 4.78 is 111. The van der Waals surface area contributed by atoms with Crippen molar-refractivity contribution in [3.05, 3.63) is 47.3 Å². The Hall–Kier alpha value is -4.01. The molecule has 4 amide bonds. The molecule has 278 valence electrons. The van der Waals surface area contributed by atoms with Crippen LogP contribution >= 0.6 is 0 Å². The Bertz CT molecular complexity index is 2010. The minimum Gasteiger partial charge on any atom is -0.444 e. The molecule has 51 heavy (non-hydrogen) atoms. The van der Waals surface area contributed by atoms with Gasteiger partial charge in [0, 0.05) is 29.0 Å². The average Bonchev–Trinajstić information content (AvgIpc) is 4.01. The van der Waals surface area contributed by atoms with Crippen LogP contribution in [0.25, 0.3) is 0 Å². The molecule has 0 spiro atoms. The van der Waals surface area contributed by atoms with Crippen LogP contribution in [-0.2, 0) is 46.9 Å². The first-order valence-electron chi connectivity index (χ1n) is 20.7. The standard InChI is InChI=1S/C36H47FN4O9S/c1-35(2,3)50-33(45)38-28-13-8-6-4-5-7-11-23-17-36(23,32(44)39-51(47,48)25-14-15-25)18-30(42)29-16-24(20-41(29)31(28)43)49-34(46)40-19-22-10-9-12-27(37)26(22)21-40/h7,9-12,23-25,28-29H,4-6,8,13-21H2,1-3H3,(H,38,45)(H,39,44)/b11-7-/t23-,24+,28-,29-,36+/m0/s1/i1D3,19D2,21D2. The summed E-state index contributed by atoms with van der Waals surface area (Å²) in [5.41, 5.74) is -4.60. The Balaban J connectivity index is 1.30. The number of rotatable bonds is 5. The van der Waals surface area contributed by atoms with E-state index in [-0.39, 0.29) is 17.7 Å². The van der Waals surface area contributed by atoms with Gasteiger partial charge in [-0.1, -0.05) is 37.1 Å². The molecule has 2 N–H and O–H groups in total. The van der Waals surface area contributed by atoms with E-state index >= 15 is 0 Å². The number of allylic oxidation sites excluding steroid dienone is 2. The molecule has 5 aliphatic rings.